The highest BCUT2D eigenvalue weighted by molar-refractivity contribution is 5.92. The van der Waals surface area contributed by atoms with E-state index < -0.39 is 28.4 Å². The normalized spacial score (nSPS) is 12.0. The second-order valence-corrected chi connectivity index (χ2v) is 5.10. The molecule has 0 radical (unpaired) electrons. The lowest BCUT2D eigenvalue weighted by atomic mass is 10.1. The molecule has 1 atom stereocenters. The third kappa shape index (κ3) is 3.87. The molecule has 1 aromatic carbocycles. The molecule has 9 heteroatoms. The van der Waals surface area contributed by atoms with Crippen LogP contribution in [0.25, 0.3) is 0 Å². The van der Waals surface area contributed by atoms with Crippen molar-refractivity contribution in [2.24, 2.45) is 5.92 Å². The predicted octanol–water partition coefficient (Wildman–Crippen LogP) is 2.65. The molecular formula is C14H14F2N4O3. The number of benzene rings is 1. The van der Waals surface area contributed by atoms with Crippen LogP contribution in [0, 0.1) is 34.6 Å². The van der Waals surface area contributed by atoms with E-state index in [1.807, 2.05) is 0 Å². The number of rotatable bonds is 5. The maximum atomic E-state index is 13.5. The molecule has 0 saturated heterocycles. The van der Waals surface area contributed by atoms with E-state index in [2.05, 4.69) is 10.4 Å². The van der Waals surface area contributed by atoms with Crippen LogP contribution in [-0.4, -0.2) is 20.6 Å². The van der Waals surface area contributed by atoms with Gasteiger partial charge in [-0.05, 0) is 24.0 Å². The van der Waals surface area contributed by atoms with E-state index in [0.717, 1.165) is 18.2 Å². The molecule has 1 heterocycles. The number of carbonyl (C=O) groups excluding carboxylic acids is 1. The van der Waals surface area contributed by atoms with Crippen molar-refractivity contribution in [1.82, 2.24) is 9.78 Å². The maximum absolute atomic E-state index is 13.5. The Labute approximate surface area is 130 Å². The Morgan fingerprint density at radius 1 is 1.43 bits per heavy atom. The van der Waals surface area contributed by atoms with Crippen LogP contribution in [0.2, 0.25) is 0 Å². The van der Waals surface area contributed by atoms with Crippen LogP contribution in [0.15, 0.2) is 24.3 Å². The average Bonchev–Trinajstić information content (AvgIpc) is 2.84. The summed E-state index contributed by atoms with van der Waals surface area (Å²) in [5, 5.41) is 16.7. The first-order chi connectivity index (χ1) is 10.8. The molecule has 0 saturated carbocycles. The summed E-state index contributed by atoms with van der Waals surface area (Å²) < 4.78 is 27.9. The highest BCUT2D eigenvalue weighted by atomic mass is 19.1. The summed E-state index contributed by atoms with van der Waals surface area (Å²) >= 11 is 0. The molecule has 0 unspecified atom stereocenters. The first kappa shape index (κ1) is 16.5. The highest BCUT2D eigenvalue weighted by Crippen LogP contribution is 2.17. The summed E-state index contributed by atoms with van der Waals surface area (Å²) in [5.74, 6) is -2.94. The molecule has 7 nitrogen and oxygen atoms in total. The lowest BCUT2D eigenvalue weighted by Gasteiger charge is -2.12. The van der Waals surface area contributed by atoms with Gasteiger partial charge in [0.15, 0.2) is 0 Å². The van der Waals surface area contributed by atoms with E-state index in [1.165, 1.54) is 10.7 Å². The monoisotopic (exact) mass is 324 g/mol. The summed E-state index contributed by atoms with van der Waals surface area (Å²) in [6, 6.07) is 4.03. The Kier molecular flexibility index (Phi) is 4.68. The van der Waals surface area contributed by atoms with Gasteiger partial charge in [0, 0.05) is 6.07 Å². The van der Waals surface area contributed by atoms with Gasteiger partial charge in [-0.25, -0.2) is 8.78 Å². The summed E-state index contributed by atoms with van der Waals surface area (Å²) in [5.41, 5.74) is 0.262. The summed E-state index contributed by atoms with van der Waals surface area (Å²) in [4.78, 5) is 22.1. The van der Waals surface area contributed by atoms with Gasteiger partial charge in [-0.1, -0.05) is 6.92 Å². The van der Waals surface area contributed by atoms with E-state index in [1.54, 1.807) is 13.8 Å². The quantitative estimate of drug-likeness (QED) is 0.676. The zero-order valence-electron chi connectivity index (χ0n) is 12.4. The molecule has 1 N–H and O–H groups in total. The fourth-order valence-electron chi connectivity index (χ4n) is 1.96. The van der Waals surface area contributed by atoms with Crippen LogP contribution < -0.4 is 5.32 Å². The van der Waals surface area contributed by atoms with Crippen molar-refractivity contribution < 1.29 is 18.5 Å². The van der Waals surface area contributed by atoms with Gasteiger partial charge in [0.2, 0.25) is 5.91 Å². The van der Waals surface area contributed by atoms with Gasteiger partial charge in [0.25, 0.3) is 0 Å². The van der Waals surface area contributed by atoms with Crippen molar-refractivity contribution in [3.63, 3.8) is 0 Å². The van der Waals surface area contributed by atoms with Crippen molar-refractivity contribution in [2.75, 3.05) is 5.32 Å². The lowest BCUT2D eigenvalue weighted by molar-refractivity contribution is -0.389. The third-order valence-electron chi connectivity index (χ3n) is 3.24. The number of halogens is 2. The number of nitrogens with zero attached hydrogens (tertiary/aromatic N) is 3. The van der Waals surface area contributed by atoms with Crippen LogP contribution in [0.4, 0.5) is 20.3 Å². The molecule has 2 rings (SSSR count). The van der Waals surface area contributed by atoms with Crippen LogP contribution in [-0.2, 0) is 11.3 Å². The fourth-order valence-corrected chi connectivity index (χ4v) is 1.96. The van der Waals surface area contributed by atoms with Crippen molar-refractivity contribution in [3.8, 4) is 0 Å². The molecule has 122 valence electrons. The number of carbonyl (C=O) groups is 1. The van der Waals surface area contributed by atoms with Gasteiger partial charge >= 0.3 is 5.82 Å². The predicted molar refractivity (Wildman–Crippen MR) is 77.8 cm³/mol. The average molecular weight is 324 g/mol. The van der Waals surface area contributed by atoms with E-state index in [0.29, 0.717) is 5.69 Å². The van der Waals surface area contributed by atoms with E-state index in [4.69, 9.17) is 0 Å². The summed E-state index contributed by atoms with van der Waals surface area (Å²) in [6.45, 7) is 3.25. The minimum Gasteiger partial charge on any atom is -0.358 e. The number of hydrogen-bond donors (Lipinski definition) is 1. The van der Waals surface area contributed by atoms with E-state index in [-0.39, 0.29) is 18.1 Å². The number of aromatic nitrogens is 2. The summed E-state index contributed by atoms with van der Waals surface area (Å²) in [6.07, 6.45) is 0. The highest BCUT2D eigenvalue weighted by Gasteiger charge is 2.21. The zero-order chi connectivity index (χ0) is 17.1. The van der Waals surface area contributed by atoms with Crippen molar-refractivity contribution in [1.29, 1.82) is 0 Å². The molecular weight excluding hydrogens is 310 g/mol. The van der Waals surface area contributed by atoms with Gasteiger partial charge < -0.3 is 15.4 Å². The first-order valence-corrected chi connectivity index (χ1v) is 6.72. The van der Waals surface area contributed by atoms with Crippen LogP contribution in [0.3, 0.4) is 0 Å². The molecule has 0 aliphatic carbocycles. The number of anilines is 1. The standard InChI is InChI=1S/C14H14F2N4O3/c1-8(7-19-9(2)5-13(18-19)20(22)23)14(21)17-12-6-10(15)3-4-11(12)16/h3-6,8H,7H2,1-2H3,(H,17,21)/t8-/m0/s1. The van der Waals surface area contributed by atoms with Crippen LogP contribution in [0.1, 0.15) is 12.6 Å². The SMILES string of the molecule is Cc1cc([N+](=O)[O-])nn1C[C@H](C)C(=O)Nc1cc(F)ccc1F. The summed E-state index contributed by atoms with van der Waals surface area (Å²) in [7, 11) is 0. The van der Waals surface area contributed by atoms with E-state index >= 15 is 0 Å². The van der Waals surface area contributed by atoms with Crippen LogP contribution >= 0.6 is 0 Å². The van der Waals surface area contributed by atoms with Gasteiger partial charge in [0.05, 0.1) is 35.0 Å². The maximum Gasteiger partial charge on any atom is 0.390 e. The lowest BCUT2D eigenvalue weighted by Crippen LogP contribution is -2.25. The van der Waals surface area contributed by atoms with Crippen molar-refractivity contribution in [2.45, 2.75) is 20.4 Å². The Bertz CT molecular complexity index is 760. The smallest absolute Gasteiger partial charge is 0.358 e. The van der Waals surface area contributed by atoms with Gasteiger partial charge in [0.1, 0.15) is 11.6 Å². The first-order valence-electron chi connectivity index (χ1n) is 6.72. The molecule has 0 aliphatic rings. The Hall–Kier alpha value is -2.84. The molecule has 0 fully saturated rings. The molecule has 2 aromatic rings. The number of hydrogen-bond acceptors (Lipinski definition) is 4. The van der Waals surface area contributed by atoms with Gasteiger partial charge in [-0.3, -0.25) is 4.79 Å². The minimum absolute atomic E-state index is 0.0719. The largest absolute Gasteiger partial charge is 0.390 e. The number of amides is 1. The van der Waals surface area contributed by atoms with Gasteiger partial charge in [-0.15, -0.1) is 0 Å². The van der Waals surface area contributed by atoms with E-state index in [9.17, 15) is 23.7 Å². The molecule has 1 aromatic heterocycles. The Balaban J connectivity index is 2.08. The molecule has 23 heavy (non-hydrogen) atoms. The molecule has 0 spiro atoms. The third-order valence-corrected chi connectivity index (χ3v) is 3.24. The van der Waals surface area contributed by atoms with Gasteiger partial charge in [-0.2, -0.15) is 4.68 Å². The number of nitro groups is 1. The Morgan fingerprint density at radius 2 is 2.13 bits per heavy atom. The number of nitrogens with one attached hydrogen (secondary N) is 1. The minimum atomic E-state index is -0.752. The van der Waals surface area contributed by atoms with Crippen molar-refractivity contribution in [3.05, 3.63) is 51.7 Å². The Morgan fingerprint density at radius 3 is 2.74 bits per heavy atom. The molecule has 1 amide bonds. The topological polar surface area (TPSA) is 90.1 Å². The van der Waals surface area contributed by atoms with Crippen molar-refractivity contribution >= 4 is 17.4 Å². The molecule has 0 aliphatic heterocycles. The van der Waals surface area contributed by atoms with Crippen LogP contribution in [0.5, 0.6) is 0 Å². The zero-order valence-corrected chi connectivity index (χ0v) is 12.4. The molecule has 0 bridgehead atoms. The number of aryl methyl sites for hydroxylation is 1. The second kappa shape index (κ2) is 6.51. The fraction of sp³-hybridized carbons (Fsp3) is 0.286. The second-order valence-electron chi connectivity index (χ2n) is 5.10.